The van der Waals surface area contributed by atoms with Crippen LogP contribution in [0, 0.1) is 11.2 Å². The third-order valence-corrected chi connectivity index (χ3v) is 5.74. The molecule has 3 heteroatoms. The van der Waals surface area contributed by atoms with Crippen molar-refractivity contribution in [1.29, 1.82) is 0 Å². The van der Waals surface area contributed by atoms with Crippen LogP contribution in [-0.4, -0.2) is 23.8 Å². The number of benzene rings is 1. The molecule has 1 aromatic carbocycles. The Morgan fingerprint density at radius 3 is 2.53 bits per heavy atom. The molecule has 1 aromatic rings. The van der Waals surface area contributed by atoms with Crippen LogP contribution in [0.25, 0.3) is 0 Å². The smallest absolute Gasteiger partial charge is 0.127 e. The molecule has 0 radical (unpaired) electrons. The number of rotatable bonds is 5. The lowest BCUT2D eigenvalue weighted by Gasteiger charge is -2.35. The van der Waals surface area contributed by atoms with Gasteiger partial charge in [-0.3, -0.25) is 4.90 Å². The third-order valence-electron chi connectivity index (χ3n) is 4.55. The second-order valence-electron chi connectivity index (χ2n) is 5.95. The van der Waals surface area contributed by atoms with E-state index in [1.165, 1.54) is 25.7 Å². The summed E-state index contributed by atoms with van der Waals surface area (Å²) < 4.78 is 13.9. The van der Waals surface area contributed by atoms with Crippen molar-refractivity contribution in [3.05, 3.63) is 35.6 Å². The minimum Gasteiger partial charge on any atom is -0.299 e. The second-order valence-corrected chi connectivity index (χ2v) is 6.51. The molecule has 0 saturated heterocycles. The Bertz CT molecular complexity index is 415. The van der Waals surface area contributed by atoms with Crippen LogP contribution in [0.2, 0.25) is 0 Å². The van der Waals surface area contributed by atoms with Gasteiger partial charge in [-0.15, -0.1) is 0 Å². The predicted molar refractivity (Wildman–Crippen MR) is 82.1 cm³/mol. The maximum atomic E-state index is 13.9. The molecular formula is C16H23BrFN. The van der Waals surface area contributed by atoms with E-state index < -0.39 is 0 Å². The fraction of sp³-hybridized carbons (Fsp3) is 0.625. The van der Waals surface area contributed by atoms with Crippen LogP contribution in [0.5, 0.6) is 0 Å². The molecule has 1 fully saturated rings. The Kier molecular flexibility index (Phi) is 5.02. The number of hydrogen-bond acceptors (Lipinski definition) is 1. The average molecular weight is 328 g/mol. The molecule has 1 saturated carbocycles. The number of hydrogen-bond donors (Lipinski definition) is 0. The van der Waals surface area contributed by atoms with Gasteiger partial charge in [-0.2, -0.15) is 0 Å². The van der Waals surface area contributed by atoms with Crippen LogP contribution in [0.3, 0.4) is 0 Å². The quantitative estimate of drug-likeness (QED) is 0.704. The van der Waals surface area contributed by atoms with Crippen LogP contribution in [0.15, 0.2) is 24.3 Å². The summed E-state index contributed by atoms with van der Waals surface area (Å²) in [6.07, 6.45) is 5.22. The van der Waals surface area contributed by atoms with E-state index in [0.29, 0.717) is 5.41 Å². The van der Waals surface area contributed by atoms with Gasteiger partial charge in [0.2, 0.25) is 0 Å². The van der Waals surface area contributed by atoms with Crippen molar-refractivity contribution in [2.24, 2.45) is 5.41 Å². The standard InChI is InChI=1S/C16H23BrFN/c1-13(14-7-3-4-8-15(14)18)19(2)12-16(11-17)9-5-6-10-16/h3-4,7-8,13H,5-6,9-12H2,1-2H3. The first kappa shape index (κ1) is 15.0. The van der Waals surface area contributed by atoms with E-state index in [1.807, 2.05) is 12.1 Å². The summed E-state index contributed by atoms with van der Waals surface area (Å²) in [7, 11) is 2.11. The maximum absolute atomic E-state index is 13.9. The third kappa shape index (κ3) is 3.38. The van der Waals surface area contributed by atoms with Crippen molar-refractivity contribution in [2.45, 2.75) is 38.6 Å². The Balaban J connectivity index is 2.07. The van der Waals surface area contributed by atoms with Crippen molar-refractivity contribution < 1.29 is 4.39 Å². The Hall–Kier alpha value is -0.410. The van der Waals surface area contributed by atoms with Crippen molar-refractivity contribution in [3.8, 4) is 0 Å². The molecule has 1 unspecified atom stereocenters. The van der Waals surface area contributed by atoms with E-state index in [1.54, 1.807) is 12.1 Å². The summed E-state index contributed by atoms with van der Waals surface area (Å²) in [5, 5.41) is 1.05. The van der Waals surface area contributed by atoms with Gasteiger partial charge in [0.05, 0.1) is 0 Å². The molecule has 2 rings (SSSR count). The summed E-state index contributed by atoms with van der Waals surface area (Å²) >= 11 is 3.68. The molecule has 106 valence electrons. The molecule has 0 heterocycles. The molecule has 1 aliphatic rings. The molecule has 0 bridgehead atoms. The molecule has 0 spiro atoms. The lowest BCUT2D eigenvalue weighted by atomic mass is 9.87. The van der Waals surface area contributed by atoms with Gasteiger partial charge in [-0.25, -0.2) is 4.39 Å². The number of halogens is 2. The van der Waals surface area contributed by atoms with E-state index in [2.05, 4.69) is 34.8 Å². The van der Waals surface area contributed by atoms with E-state index >= 15 is 0 Å². The lowest BCUT2D eigenvalue weighted by molar-refractivity contribution is 0.161. The predicted octanol–water partition coefficient (Wildman–Crippen LogP) is 4.77. The van der Waals surface area contributed by atoms with Crippen LogP contribution < -0.4 is 0 Å². The molecule has 0 amide bonds. The summed E-state index contributed by atoms with van der Waals surface area (Å²) in [5.74, 6) is -0.0961. The monoisotopic (exact) mass is 327 g/mol. The van der Waals surface area contributed by atoms with Crippen molar-refractivity contribution in [1.82, 2.24) is 4.90 Å². The summed E-state index contributed by atoms with van der Waals surface area (Å²) in [5.41, 5.74) is 1.18. The largest absolute Gasteiger partial charge is 0.299 e. The highest BCUT2D eigenvalue weighted by molar-refractivity contribution is 9.09. The van der Waals surface area contributed by atoms with Gasteiger partial charge in [0.1, 0.15) is 5.82 Å². The molecule has 1 atom stereocenters. The van der Waals surface area contributed by atoms with Crippen LogP contribution in [-0.2, 0) is 0 Å². The topological polar surface area (TPSA) is 3.24 Å². The van der Waals surface area contributed by atoms with E-state index in [4.69, 9.17) is 0 Å². The molecule has 0 aromatic heterocycles. The first-order valence-corrected chi connectivity index (χ1v) is 8.21. The minimum atomic E-state index is -0.0961. The first-order chi connectivity index (χ1) is 9.08. The normalized spacial score (nSPS) is 19.8. The molecule has 0 aliphatic heterocycles. The van der Waals surface area contributed by atoms with Crippen LogP contribution in [0.1, 0.15) is 44.2 Å². The second kappa shape index (κ2) is 6.36. The van der Waals surface area contributed by atoms with Gasteiger partial charge in [-0.1, -0.05) is 47.0 Å². The highest BCUT2D eigenvalue weighted by atomic mass is 79.9. The molecular weight excluding hydrogens is 305 g/mol. The zero-order chi connectivity index (χ0) is 13.9. The Labute approximate surface area is 124 Å². The average Bonchev–Trinajstić information content (AvgIpc) is 2.87. The first-order valence-electron chi connectivity index (χ1n) is 7.09. The van der Waals surface area contributed by atoms with Crippen LogP contribution in [0.4, 0.5) is 4.39 Å². The Morgan fingerprint density at radius 1 is 1.32 bits per heavy atom. The zero-order valence-electron chi connectivity index (χ0n) is 11.8. The van der Waals surface area contributed by atoms with E-state index in [0.717, 1.165) is 17.4 Å². The van der Waals surface area contributed by atoms with Gasteiger partial charge in [0, 0.05) is 23.5 Å². The van der Waals surface area contributed by atoms with Crippen molar-refractivity contribution >= 4 is 15.9 Å². The highest BCUT2D eigenvalue weighted by Crippen LogP contribution is 2.41. The highest BCUT2D eigenvalue weighted by Gasteiger charge is 2.35. The Morgan fingerprint density at radius 2 is 1.95 bits per heavy atom. The van der Waals surface area contributed by atoms with E-state index in [-0.39, 0.29) is 11.9 Å². The molecule has 1 nitrogen and oxygen atoms in total. The zero-order valence-corrected chi connectivity index (χ0v) is 13.4. The molecule has 1 aliphatic carbocycles. The number of alkyl halides is 1. The summed E-state index contributed by atoms with van der Waals surface area (Å²) in [6, 6.07) is 7.24. The molecule has 0 N–H and O–H groups in total. The van der Waals surface area contributed by atoms with Crippen molar-refractivity contribution in [2.75, 3.05) is 18.9 Å². The maximum Gasteiger partial charge on any atom is 0.127 e. The SMILES string of the molecule is CC(c1ccccc1F)N(C)CC1(CBr)CCCC1. The fourth-order valence-corrected chi connectivity index (χ4v) is 3.91. The van der Waals surface area contributed by atoms with Gasteiger partial charge in [-0.05, 0) is 38.3 Å². The van der Waals surface area contributed by atoms with Gasteiger partial charge < -0.3 is 0 Å². The van der Waals surface area contributed by atoms with Crippen molar-refractivity contribution in [3.63, 3.8) is 0 Å². The summed E-state index contributed by atoms with van der Waals surface area (Å²) in [6.45, 7) is 3.13. The minimum absolute atomic E-state index is 0.0961. The van der Waals surface area contributed by atoms with Gasteiger partial charge >= 0.3 is 0 Å². The summed E-state index contributed by atoms with van der Waals surface area (Å²) in [4.78, 5) is 2.30. The van der Waals surface area contributed by atoms with Gasteiger partial charge in [0.15, 0.2) is 0 Å². The fourth-order valence-electron chi connectivity index (χ4n) is 3.18. The van der Waals surface area contributed by atoms with E-state index in [9.17, 15) is 4.39 Å². The lowest BCUT2D eigenvalue weighted by Crippen LogP contribution is -2.36. The van der Waals surface area contributed by atoms with Gasteiger partial charge in [0.25, 0.3) is 0 Å². The molecule has 19 heavy (non-hydrogen) atoms. The number of nitrogens with zero attached hydrogens (tertiary/aromatic N) is 1. The van der Waals surface area contributed by atoms with Crippen LogP contribution >= 0.6 is 15.9 Å².